The minimum Gasteiger partial charge on any atom is -0.495 e. The number of ether oxygens (including phenoxy) is 1. The number of rotatable bonds is 2. The van der Waals surface area contributed by atoms with Gasteiger partial charge in [-0.15, -0.1) is 0 Å². The maximum atomic E-state index is 6.04. The standard InChI is InChI=1S/C9H10BrClO/c1-3-6-4-7(10)5-8(12-2)9(6)11/h4-5H,3H2,1-2H3. The van der Waals surface area contributed by atoms with Gasteiger partial charge in [0.1, 0.15) is 5.75 Å². The van der Waals surface area contributed by atoms with Crippen molar-refractivity contribution in [3.05, 3.63) is 27.2 Å². The molecule has 0 atom stereocenters. The van der Waals surface area contributed by atoms with Crippen LogP contribution in [0.2, 0.25) is 5.02 Å². The van der Waals surface area contributed by atoms with E-state index in [0.717, 1.165) is 22.2 Å². The third-order valence-corrected chi connectivity index (χ3v) is 2.57. The third-order valence-electron chi connectivity index (χ3n) is 1.68. The van der Waals surface area contributed by atoms with Crippen LogP contribution in [0, 0.1) is 0 Å². The molecule has 0 aliphatic carbocycles. The molecule has 0 amide bonds. The van der Waals surface area contributed by atoms with Crippen LogP contribution in [-0.2, 0) is 6.42 Å². The smallest absolute Gasteiger partial charge is 0.138 e. The molecule has 0 heterocycles. The molecule has 1 aromatic rings. The maximum Gasteiger partial charge on any atom is 0.138 e. The van der Waals surface area contributed by atoms with Crippen molar-refractivity contribution < 1.29 is 4.74 Å². The molecule has 12 heavy (non-hydrogen) atoms. The number of halogens is 2. The first-order valence-electron chi connectivity index (χ1n) is 3.71. The molecular weight excluding hydrogens is 239 g/mol. The fraction of sp³-hybridized carbons (Fsp3) is 0.333. The van der Waals surface area contributed by atoms with Gasteiger partial charge in [-0.3, -0.25) is 0 Å². The van der Waals surface area contributed by atoms with E-state index in [0.29, 0.717) is 5.02 Å². The molecule has 0 N–H and O–H groups in total. The first kappa shape index (κ1) is 9.87. The molecule has 0 saturated carbocycles. The van der Waals surface area contributed by atoms with Crippen LogP contribution >= 0.6 is 27.5 Å². The zero-order valence-corrected chi connectivity index (χ0v) is 9.37. The maximum absolute atomic E-state index is 6.04. The Hall–Kier alpha value is -0.210. The summed E-state index contributed by atoms with van der Waals surface area (Å²) >= 11 is 9.43. The van der Waals surface area contributed by atoms with Crippen molar-refractivity contribution in [1.82, 2.24) is 0 Å². The van der Waals surface area contributed by atoms with Gasteiger partial charge >= 0.3 is 0 Å². The number of methoxy groups -OCH3 is 1. The summed E-state index contributed by atoms with van der Waals surface area (Å²) in [5, 5.41) is 0.711. The first-order valence-corrected chi connectivity index (χ1v) is 4.88. The minimum absolute atomic E-state index is 0.711. The number of hydrogen-bond donors (Lipinski definition) is 0. The molecule has 0 bridgehead atoms. The molecule has 0 spiro atoms. The lowest BCUT2D eigenvalue weighted by Gasteiger charge is -2.07. The molecular formula is C9H10BrClO. The van der Waals surface area contributed by atoms with Gasteiger partial charge in [-0.2, -0.15) is 0 Å². The van der Waals surface area contributed by atoms with Crippen LogP contribution in [0.4, 0.5) is 0 Å². The van der Waals surface area contributed by atoms with Gasteiger partial charge in [0.25, 0.3) is 0 Å². The number of benzene rings is 1. The number of aryl methyl sites for hydroxylation is 1. The molecule has 0 unspecified atom stereocenters. The summed E-state index contributed by atoms with van der Waals surface area (Å²) in [6.45, 7) is 2.06. The quantitative estimate of drug-likeness (QED) is 0.777. The predicted molar refractivity (Wildman–Crippen MR) is 55.1 cm³/mol. The van der Waals surface area contributed by atoms with Crippen molar-refractivity contribution >= 4 is 27.5 Å². The highest BCUT2D eigenvalue weighted by Crippen LogP contribution is 2.32. The average molecular weight is 250 g/mol. The Morgan fingerprint density at radius 3 is 2.67 bits per heavy atom. The Morgan fingerprint density at radius 1 is 1.50 bits per heavy atom. The van der Waals surface area contributed by atoms with Gasteiger partial charge in [0.2, 0.25) is 0 Å². The normalized spacial score (nSPS) is 10.0. The summed E-state index contributed by atoms with van der Waals surface area (Å²) in [5.41, 5.74) is 1.10. The lowest BCUT2D eigenvalue weighted by molar-refractivity contribution is 0.414. The van der Waals surface area contributed by atoms with E-state index in [2.05, 4.69) is 22.9 Å². The summed E-state index contributed by atoms with van der Waals surface area (Å²) in [5.74, 6) is 0.725. The van der Waals surface area contributed by atoms with Crippen molar-refractivity contribution in [2.45, 2.75) is 13.3 Å². The van der Waals surface area contributed by atoms with Crippen LogP contribution in [0.1, 0.15) is 12.5 Å². The van der Waals surface area contributed by atoms with E-state index < -0.39 is 0 Å². The summed E-state index contributed by atoms with van der Waals surface area (Å²) in [7, 11) is 1.62. The first-order chi connectivity index (χ1) is 5.69. The van der Waals surface area contributed by atoms with Gasteiger partial charge in [-0.25, -0.2) is 0 Å². The van der Waals surface area contributed by atoms with Gasteiger partial charge in [0, 0.05) is 4.47 Å². The second-order valence-electron chi connectivity index (χ2n) is 2.43. The van der Waals surface area contributed by atoms with E-state index in [1.54, 1.807) is 7.11 Å². The highest BCUT2D eigenvalue weighted by Gasteiger charge is 2.06. The van der Waals surface area contributed by atoms with Crippen molar-refractivity contribution in [3.8, 4) is 5.75 Å². The summed E-state index contributed by atoms with van der Waals surface area (Å²) in [6.07, 6.45) is 0.911. The fourth-order valence-electron chi connectivity index (χ4n) is 1.02. The zero-order valence-electron chi connectivity index (χ0n) is 7.03. The van der Waals surface area contributed by atoms with E-state index >= 15 is 0 Å². The molecule has 0 fully saturated rings. The van der Waals surface area contributed by atoms with E-state index in [-0.39, 0.29) is 0 Å². The third kappa shape index (κ3) is 1.93. The number of hydrogen-bond acceptors (Lipinski definition) is 1. The average Bonchev–Trinajstić information content (AvgIpc) is 2.08. The molecule has 3 heteroatoms. The van der Waals surface area contributed by atoms with Crippen molar-refractivity contribution in [3.63, 3.8) is 0 Å². The molecule has 0 aliphatic rings. The van der Waals surface area contributed by atoms with Crippen LogP contribution in [0.25, 0.3) is 0 Å². The largest absolute Gasteiger partial charge is 0.495 e. The Bertz CT molecular complexity index is 261. The lowest BCUT2D eigenvalue weighted by atomic mass is 10.1. The molecule has 1 aromatic carbocycles. The second-order valence-corrected chi connectivity index (χ2v) is 3.73. The second kappa shape index (κ2) is 4.15. The molecule has 66 valence electrons. The highest BCUT2D eigenvalue weighted by atomic mass is 79.9. The van der Waals surface area contributed by atoms with Crippen LogP contribution in [-0.4, -0.2) is 7.11 Å². The molecule has 1 nitrogen and oxygen atoms in total. The van der Waals surface area contributed by atoms with Crippen LogP contribution in [0.15, 0.2) is 16.6 Å². The monoisotopic (exact) mass is 248 g/mol. The van der Waals surface area contributed by atoms with Gasteiger partial charge in [0.15, 0.2) is 0 Å². The zero-order chi connectivity index (χ0) is 9.14. The Morgan fingerprint density at radius 2 is 2.17 bits per heavy atom. The Kier molecular flexibility index (Phi) is 3.41. The van der Waals surface area contributed by atoms with Gasteiger partial charge in [-0.1, -0.05) is 34.5 Å². The molecule has 0 saturated heterocycles. The summed E-state index contributed by atoms with van der Waals surface area (Å²) in [6, 6.07) is 3.87. The van der Waals surface area contributed by atoms with E-state index in [4.69, 9.17) is 16.3 Å². The minimum atomic E-state index is 0.711. The van der Waals surface area contributed by atoms with Crippen LogP contribution in [0.5, 0.6) is 5.75 Å². The van der Waals surface area contributed by atoms with E-state index in [1.807, 2.05) is 12.1 Å². The van der Waals surface area contributed by atoms with E-state index in [9.17, 15) is 0 Å². The van der Waals surface area contributed by atoms with Gasteiger partial charge in [-0.05, 0) is 24.1 Å². The SMILES string of the molecule is CCc1cc(Br)cc(OC)c1Cl. The van der Waals surface area contributed by atoms with Gasteiger partial charge < -0.3 is 4.74 Å². The fourth-order valence-corrected chi connectivity index (χ4v) is 1.83. The lowest BCUT2D eigenvalue weighted by Crippen LogP contribution is -1.89. The van der Waals surface area contributed by atoms with Crippen molar-refractivity contribution in [1.29, 1.82) is 0 Å². The molecule has 1 rings (SSSR count). The van der Waals surface area contributed by atoms with E-state index in [1.165, 1.54) is 0 Å². The molecule has 0 aromatic heterocycles. The van der Waals surface area contributed by atoms with Crippen molar-refractivity contribution in [2.75, 3.05) is 7.11 Å². The van der Waals surface area contributed by atoms with Crippen LogP contribution in [0.3, 0.4) is 0 Å². The Balaban J connectivity index is 3.22. The van der Waals surface area contributed by atoms with Gasteiger partial charge in [0.05, 0.1) is 12.1 Å². The molecule has 0 radical (unpaired) electrons. The summed E-state index contributed by atoms with van der Waals surface area (Å²) in [4.78, 5) is 0. The van der Waals surface area contributed by atoms with Crippen LogP contribution < -0.4 is 4.74 Å². The predicted octanol–water partition coefficient (Wildman–Crippen LogP) is 3.67. The highest BCUT2D eigenvalue weighted by molar-refractivity contribution is 9.10. The topological polar surface area (TPSA) is 9.23 Å². The Labute approximate surface area is 85.8 Å². The molecule has 0 aliphatic heterocycles. The summed E-state index contributed by atoms with van der Waals surface area (Å²) < 4.78 is 6.11. The van der Waals surface area contributed by atoms with Crippen molar-refractivity contribution in [2.24, 2.45) is 0 Å².